The van der Waals surface area contributed by atoms with Crippen molar-refractivity contribution in [2.75, 3.05) is 5.32 Å². The molecule has 0 fully saturated rings. The second kappa shape index (κ2) is 6.05. The predicted octanol–water partition coefficient (Wildman–Crippen LogP) is 2.34. The third-order valence-corrected chi connectivity index (χ3v) is 6.50. The molecular formula is C17H21N3O3S. The molecule has 2 aromatic rings. The number of anilines is 1. The van der Waals surface area contributed by atoms with Crippen molar-refractivity contribution >= 4 is 21.6 Å². The van der Waals surface area contributed by atoms with Crippen LogP contribution < -0.4 is 5.32 Å². The van der Waals surface area contributed by atoms with E-state index in [2.05, 4.69) is 10.4 Å². The van der Waals surface area contributed by atoms with Crippen molar-refractivity contribution in [3.05, 3.63) is 41.1 Å². The van der Waals surface area contributed by atoms with Crippen molar-refractivity contribution in [2.45, 2.75) is 43.3 Å². The van der Waals surface area contributed by atoms with Gasteiger partial charge in [-0.25, -0.2) is 8.42 Å². The Kier molecular flexibility index (Phi) is 4.21. The number of nitrogens with zero attached hydrogens (tertiary/aromatic N) is 2. The van der Waals surface area contributed by atoms with E-state index in [1.807, 2.05) is 0 Å². The third-order valence-electron chi connectivity index (χ3n) is 4.35. The summed E-state index contributed by atoms with van der Waals surface area (Å²) in [5.41, 5.74) is 2.44. The first-order valence-electron chi connectivity index (χ1n) is 8.00. The van der Waals surface area contributed by atoms with Crippen LogP contribution >= 0.6 is 0 Å². The largest absolute Gasteiger partial charge is 0.307 e. The number of benzene rings is 1. The smallest absolute Gasteiger partial charge is 0.256 e. The number of hydrogen-bond acceptors (Lipinski definition) is 4. The highest BCUT2D eigenvalue weighted by atomic mass is 32.2. The highest BCUT2D eigenvalue weighted by Crippen LogP contribution is 2.28. The van der Waals surface area contributed by atoms with E-state index in [9.17, 15) is 13.2 Å². The van der Waals surface area contributed by atoms with Gasteiger partial charge in [-0.1, -0.05) is 6.07 Å². The molecule has 1 aromatic heterocycles. The molecule has 0 saturated heterocycles. The first-order valence-corrected chi connectivity index (χ1v) is 9.55. The fraction of sp³-hybridized carbons (Fsp3) is 0.412. The zero-order valence-electron chi connectivity index (χ0n) is 14.0. The number of hydrogen-bond donors (Lipinski definition) is 1. The van der Waals surface area contributed by atoms with Gasteiger partial charge in [-0.05, 0) is 51.3 Å². The average molecular weight is 347 g/mol. The van der Waals surface area contributed by atoms with E-state index in [0.29, 0.717) is 11.4 Å². The summed E-state index contributed by atoms with van der Waals surface area (Å²) in [7, 11) is -1.61. The van der Waals surface area contributed by atoms with Crippen molar-refractivity contribution in [2.24, 2.45) is 7.05 Å². The monoisotopic (exact) mass is 347 g/mol. The van der Waals surface area contributed by atoms with E-state index in [4.69, 9.17) is 0 Å². The third kappa shape index (κ3) is 2.84. The Labute approximate surface area is 141 Å². The minimum atomic E-state index is -3.41. The first-order chi connectivity index (χ1) is 11.3. The number of nitrogens with one attached hydrogen (secondary N) is 1. The molecular weight excluding hydrogens is 326 g/mol. The summed E-state index contributed by atoms with van der Waals surface area (Å²) in [6, 6.07) is 6.16. The molecule has 1 aliphatic rings. The van der Waals surface area contributed by atoms with E-state index in [-0.39, 0.29) is 10.8 Å². The van der Waals surface area contributed by atoms with E-state index in [0.717, 1.165) is 30.5 Å². The fourth-order valence-corrected chi connectivity index (χ4v) is 4.05. The minimum Gasteiger partial charge on any atom is -0.307 e. The summed E-state index contributed by atoms with van der Waals surface area (Å²) in [5, 5.41) is 6.77. The quantitative estimate of drug-likeness (QED) is 0.920. The number of aryl methyl sites for hydroxylation is 2. The molecule has 0 bridgehead atoms. The Balaban J connectivity index is 1.89. The van der Waals surface area contributed by atoms with Crippen LogP contribution in [0.15, 0.2) is 29.2 Å². The minimum absolute atomic E-state index is 0.167. The lowest BCUT2D eigenvalue weighted by Crippen LogP contribution is -2.18. The molecule has 128 valence electrons. The Hall–Kier alpha value is -2.15. The topological polar surface area (TPSA) is 81.1 Å². The molecule has 1 N–H and O–H groups in total. The van der Waals surface area contributed by atoms with Crippen LogP contribution in [0.4, 0.5) is 5.82 Å². The zero-order valence-corrected chi connectivity index (χ0v) is 14.9. The van der Waals surface area contributed by atoms with Gasteiger partial charge in [0.1, 0.15) is 5.82 Å². The average Bonchev–Trinajstić information content (AvgIpc) is 3.10. The van der Waals surface area contributed by atoms with Crippen LogP contribution in [0.5, 0.6) is 0 Å². The zero-order chi connectivity index (χ0) is 17.5. The Morgan fingerprint density at radius 1 is 1.29 bits per heavy atom. The van der Waals surface area contributed by atoms with Crippen LogP contribution in [0.2, 0.25) is 0 Å². The number of carbonyl (C=O) groups is 1. The highest BCUT2D eigenvalue weighted by Gasteiger charge is 2.24. The van der Waals surface area contributed by atoms with Gasteiger partial charge in [0.05, 0.1) is 15.8 Å². The molecule has 1 heterocycles. The molecule has 1 aromatic carbocycles. The summed E-state index contributed by atoms with van der Waals surface area (Å²) in [6.45, 7) is 3.25. The molecule has 6 nitrogen and oxygen atoms in total. The molecule has 3 rings (SSSR count). The van der Waals surface area contributed by atoms with E-state index in [1.54, 1.807) is 37.7 Å². The standard InChI is InChI=1S/C17H21N3O3S/c1-11(2)24(22,23)13-7-4-6-12(10-13)17(21)18-16-14-8-5-9-15(14)19-20(16)3/h4,6-7,10-11H,5,8-9H2,1-3H3,(H,18,21). The maximum absolute atomic E-state index is 12.6. The molecule has 0 aliphatic heterocycles. The summed E-state index contributed by atoms with van der Waals surface area (Å²) in [6.07, 6.45) is 2.88. The van der Waals surface area contributed by atoms with Gasteiger partial charge in [0.15, 0.2) is 9.84 Å². The fourth-order valence-electron chi connectivity index (χ4n) is 2.94. The molecule has 0 unspecified atom stereocenters. The Morgan fingerprint density at radius 3 is 2.75 bits per heavy atom. The highest BCUT2D eigenvalue weighted by molar-refractivity contribution is 7.92. The van der Waals surface area contributed by atoms with Gasteiger partial charge in [-0.15, -0.1) is 0 Å². The van der Waals surface area contributed by atoms with Crippen molar-refractivity contribution in [3.63, 3.8) is 0 Å². The van der Waals surface area contributed by atoms with E-state index < -0.39 is 15.1 Å². The normalized spacial score (nSPS) is 14.0. The van der Waals surface area contributed by atoms with Gasteiger partial charge in [-0.2, -0.15) is 5.10 Å². The predicted molar refractivity (Wildman–Crippen MR) is 92.0 cm³/mol. The molecule has 7 heteroatoms. The van der Waals surface area contributed by atoms with Crippen LogP contribution in [0.25, 0.3) is 0 Å². The van der Waals surface area contributed by atoms with Gasteiger partial charge in [-0.3, -0.25) is 9.48 Å². The number of sulfone groups is 1. The Morgan fingerprint density at radius 2 is 2.04 bits per heavy atom. The van der Waals surface area contributed by atoms with Crippen molar-refractivity contribution in [1.29, 1.82) is 0 Å². The summed E-state index contributed by atoms with van der Waals surface area (Å²) >= 11 is 0. The van der Waals surface area contributed by atoms with Crippen molar-refractivity contribution in [3.8, 4) is 0 Å². The van der Waals surface area contributed by atoms with Crippen LogP contribution in [-0.2, 0) is 29.7 Å². The molecule has 0 radical (unpaired) electrons. The molecule has 0 spiro atoms. The second-order valence-corrected chi connectivity index (χ2v) is 8.83. The first kappa shape index (κ1) is 16.7. The van der Waals surface area contributed by atoms with Crippen molar-refractivity contribution in [1.82, 2.24) is 9.78 Å². The number of rotatable bonds is 4. The van der Waals surface area contributed by atoms with Crippen LogP contribution in [0, 0.1) is 0 Å². The molecule has 1 aliphatic carbocycles. The van der Waals surface area contributed by atoms with Gasteiger partial charge >= 0.3 is 0 Å². The van der Waals surface area contributed by atoms with Crippen LogP contribution in [0.1, 0.15) is 41.9 Å². The van der Waals surface area contributed by atoms with Crippen LogP contribution in [-0.4, -0.2) is 29.4 Å². The number of carbonyl (C=O) groups excluding carboxylic acids is 1. The lowest BCUT2D eigenvalue weighted by atomic mass is 10.2. The second-order valence-electron chi connectivity index (χ2n) is 6.33. The van der Waals surface area contributed by atoms with E-state index >= 15 is 0 Å². The summed E-state index contributed by atoms with van der Waals surface area (Å²) in [4.78, 5) is 12.7. The van der Waals surface area contributed by atoms with E-state index in [1.165, 1.54) is 12.1 Å². The molecule has 24 heavy (non-hydrogen) atoms. The lowest BCUT2D eigenvalue weighted by molar-refractivity contribution is 0.102. The lowest BCUT2D eigenvalue weighted by Gasteiger charge is -2.11. The SMILES string of the molecule is CC(C)S(=O)(=O)c1cccc(C(=O)Nc2c3c(nn2C)CCC3)c1. The molecule has 0 atom stereocenters. The van der Waals surface area contributed by atoms with Gasteiger partial charge in [0, 0.05) is 18.2 Å². The van der Waals surface area contributed by atoms with Crippen molar-refractivity contribution < 1.29 is 13.2 Å². The summed E-state index contributed by atoms with van der Waals surface area (Å²) in [5.74, 6) is 0.373. The molecule has 0 saturated carbocycles. The number of aromatic nitrogens is 2. The summed E-state index contributed by atoms with van der Waals surface area (Å²) < 4.78 is 26.2. The molecule has 1 amide bonds. The maximum atomic E-state index is 12.6. The van der Waals surface area contributed by atoms with Gasteiger partial charge in [0.25, 0.3) is 5.91 Å². The van der Waals surface area contributed by atoms with Crippen LogP contribution in [0.3, 0.4) is 0 Å². The number of amides is 1. The Bertz CT molecular complexity index is 898. The van der Waals surface area contributed by atoms with Gasteiger partial charge < -0.3 is 5.32 Å². The number of fused-ring (bicyclic) bond motifs is 1. The van der Waals surface area contributed by atoms with Gasteiger partial charge in [0.2, 0.25) is 0 Å². The maximum Gasteiger partial charge on any atom is 0.256 e.